The summed E-state index contributed by atoms with van der Waals surface area (Å²) in [5.74, 6) is 0.869. The van der Waals surface area contributed by atoms with Gasteiger partial charge in [-0.1, -0.05) is 48.6 Å². The van der Waals surface area contributed by atoms with Crippen LogP contribution in [0.25, 0.3) is 38.5 Å². The first-order chi connectivity index (χ1) is 21.4. The molecule has 44 heavy (non-hydrogen) atoms. The molecule has 0 spiro atoms. The second-order valence-corrected chi connectivity index (χ2v) is 9.98. The molecule has 2 heterocycles. The third kappa shape index (κ3) is 5.15. The Morgan fingerprint density at radius 3 is 1.95 bits per heavy atom. The second-order valence-electron chi connectivity index (χ2n) is 9.98. The Balaban J connectivity index is 1.98. The second kappa shape index (κ2) is 12.8. The molecule has 224 valence electrons. The number of ketones is 1. The van der Waals surface area contributed by atoms with E-state index in [9.17, 15) is 9.59 Å². The normalized spacial score (nSPS) is 10.8. The zero-order valence-electron chi connectivity index (χ0n) is 25.3. The molecule has 0 saturated carbocycles. The molecule has 3 aromatic carbocycles. The highest BCUT2D eigenvalue weighted by molar-refractivity contribution is 6.44. The first-order valence-corrected chi connectivity index (χ1v) is 14.0. The zero-order chi connectivity index (χ0) is 31.4. The van der Waals surface area contributed by atoms with Gasteiger partial charge in [0.1, 0.15) is 5.69 Å². The van der Waals surface area contributed by atoms with Crippen LogP contribution >= 0.6 is 0 Å². The summed E-state index contributed by atoms with van der Waals surface area (Å²) >= 11 is 0. The molecule has 0 aliphatic carbocycles. The smallest absolute Gasteiger partial charge is 0.297 e. The fourth-order valence-electron chi connectivity index (χ4n) is 5.57. The lowest BCUT2D eigenvalue weighted by Gasteiger charge is -2.19. The average molecular weight is 591 g/mol. The molecule has 0 aliphatic rings. The number of carbonyl (C=O) groups is 2. The average Bonchev–Trinajstić information content (AvgIpc) is 3.42. The summed E-state index contributed by atoms with van der Waals surface area (Å²) in [5.41, 5.74) is 3.83. The lowest BCUT2D eigenvalue weighted by molar-refractivity contribution is -0.125. The first kappa shape index (κ1) is 30.0. The fraction of sp³-hybridized carbons (Fsp3) is 0.167. The van der Waals surface area contributed by atoms with E-state index in [0.29, 0.717) is 34.1 Å². The Labute approximate surface area is 256 Å². The number of hydrogen-bond acceptors (Lipinski definition) is 6. The molecule has 2 aromatic heterocycles. The van der Waals surface area contributed by atoms with E-state index < -0.39 is 11.7 Å². The number of aromatic nitrogens is 1. The SMILES string of the molecule is C=CCN(CC=C)C(=O)C(=O)c1c(-c2ccccc2)c(-c2ccc(OC)c(OC)c2)c2c3cc(OC)c(OC)cc3ccn12. The number of nitrogens with zero attached hydrogens (tertiary/aromatic N) is 2. The van der Waals surface area contributed by atoms with E-state index >= 15 is 0 Å². The highest BCUT2D eigenvalue weighted by atomic mass is 16.5. The highest BCUT2D eigenvalue weighted by Gasteiger charge is 2.32. The lowest BCUT2D eigenvalue weighted by atomic mass is 9.93. The molecule has 0 fully saturated rings. The van der Waals surface area contributed by atoms with Gasteiger partial charge >= 0.3 is 0 Å². The van der Waals surface area contributed by atoms with Crippen LogP contribution in [0.2, 0.25) is 0 Å². The van der Waals surface area contributed by atoms with Gasteiger partial charge in [-0.25, -0.2) is 0 Å². The zero-order valence-corrected chi connectivity index (χ0v) is 25.3. The van der Waals surface area contributed by atoms with Crippen LogP contribution in [0.3, 0.4) is 0 Å². The highest BCUT2D eigenvalue weighted by Crippen LogP contribution is 2.46. The van der Waals surface area contributed by atoms with Gasteiger partial charge in [0.2, 0.25) is 0 Å². The van der Waals surface area contributed by atoms with Gasteiger partial charge in [0, 0.05) is 35.8 Å². The standard InChI is InChI=1S/C36H34N2O6/c1-7-17-37(18-8-2)36(40)35(39)34-31(23-12-10-9-11-13-23)32(25-14-15-27(41-3)28(21-25)42-4)33-26-22-30(44-6)29(43-5)20-24(26)16-19-38(33)34/h7-16,19-22H,1-2,17-18H2,3-6H3. The molecule has 0 N–H and O–H groups in total. The van der Waals surface area contributed by atoms with Gasteiger partial charge in [-0.3, -0.25) is 9.59 Å². The van der Waals surface area contributed by atoms with E-state index in [4.69, 9.17) is 18.9 Å². The number of carbonyl (C=O) groups excluding carboxylic acids is 2. The van der Waals surface area contributed by atoms with Gasteiger partial charge in [0.15, 0.2) is 23.0 Å². The molecular weight excluding hydrogens is 556 g/mol. The van der Waals surface area contributed by atoms with Crippen molar-refractivity contribution in [3.05, 3.63) is 104 Å². The maximum Gasteiger partial charge on any atom is 0.297 e. The maximum atomic E-state index is 14.4. The van der Waals surface area contributed by atoms with Crippen molar-refractivity contribution in [1.29, 1.82) is 0 Å². The Hall–Kier alpha value is -5.50. The van der Waals surface area contributed by atoms with Crippen molar-refractivity contribution in [2.24, 2.45) is 0 Å². The van der Waals surface area contributed by atoms with E-state index in [-0.39, 0.29) is 18.8 Å². The number of benzene rings is 3. The van der Waals surface area contributed by atoms with E-state index in [1.165, 1.54) is 4.90 Å². The molecule has 8 nitrogen and oxygen atoms in total. The number of ether oxygens (including phenoxy) is 4. The maximum absolute atomic E-state index is 14.4. The summed E-state index contributed by atoms with van der Waals surface area (Å²) in [6.07, 6.45) is 4.99. The molecule has 8 heteroatoms. The number of methoxy groups -OCH3 is 4. The number of fused-ring (bicyclic) bond motifs is 3. The molecule has 0 unspecified atom stereocenters. The molecule has 0 aliphatic heterocycles. The molecule has 0 radical (unpaired) electrons. The topological polar surface area (TPSA) is 78.7 Å². The largest absolute Gasteiger partial charge is 0.493 e. The molecular formula is C36H34N2O6. The summed E-state index contributed by atoms with van der Waals surface area (Å²) in [5, 5.41) is 1.66. The first-order valence-electron chi connectivity index (χ1n) is 14.0. The van der Waals surface area contributed by atoms with Crippen molar-refractivity contribution in [2.45, 2.75) is 0 Å². The lowest BCUT2D eigenvalue weighted by Crippen LogP contribution is -2.37. The van der Waals surface area contributed by atoms with Crippen molar-refractivity contribution in [3.63, 3.8) is 0 Å². The molecule has 1 amide bonds. The summed E-state index contributed by atoms with van der Waals surface area (Å²) in [6.45, 7) is 7.92. The Morgan fingerprint density at radius 2 is 1.34 bits per heavy atom. The number of pyridine rings is 1. The van der Waals surface area contributed by atoms with E-state index in [2.05, 4.69) is 13.2 Å². The van der Waals surface area contributed by atoms with E-state index in [1.807, 2.05) is 72.9 Å². The van der Waals surface area contributed by atoms with Crippen molar-refractivity contribution in [2.75, 3.05) is 41.5 Å². The summed E-state index contributed by atoms with van der Waals surface area (Å²) < 4.78 is 24.3. The van der Waals surface area contributed by atoms with Crippen LogP contribution in [0.15, 0.2) is 98.2 Å². The van der Waals surface area contributed by atoms with E-state index in [0.717, 1.165) is 27.5 Å². The summed E-state index contributed by atoms with van der Waals surface area (Å²) in [6, 6.07) is 20.9. The minimum Gasteiger partial charge on any atom is -0.493 e. The number of rotatable bonds is 12. The van der Waals surface area contributed by atoms with Gasteiger partial charge in [0.25, 0.3) is 11.7 Å². The molecule has 5 rings (SSSR count). The van der Waals surface area contributed by atoms with Crippen molar-refractivity contribution < 1.29 is 28.5 Å². The third-order valence-corrected chi connectivity index (χ3v) is 7.55. The van der Waals surface area contributed by atoms with E-state index in [1.54, 1.807) is 45.0 Å². The molecule has 0 bridgehead atoms. The van der Waals surface area contributed by atoms with Crippen molar-refractivity contribution >= 4 is 28.0 Å². The number of amides is 1. The monoisotopic (exact) mass is 590 g/mol. The Bertz CT molecular complexity index is 1880. The van der Waals surface area contributed by atoms with Crippen LogP contribution in [0.5, 0.6) is 23.0 Å². The summed E-state index contributed by atoms with van der Waals surface area (Å²) in [7, 11) is 6.32. The number of hydrogen-bond donors (Lipinski definition) is 0. The minimum absolute atomic E-state index is 0.197. The molecule has 0 atom stereocenters. The molecule has 5 aromatic rings. The molecule has 0 saturated heterocycles. The van der Waals surface area contributed by atoms with Gasteiger partial charge in [-0.15, -0.1) is 13.2 Å². The summed E-state index contributed by atoms with van der Waals surface area (Å²) in [4.78, 5) is 29.6. The van der Waals surface area contributed by atoms with Gasteiger partial charge in [-0.05, 0) is 46.8 Å². The van der Waals surface area contributed by atoms with Crippen molar-refractivity contribution in [1.82, 2.24) is 9.30 Å². The van der Waals surface area contributed by atoms with Crippen LogP contribution in [0, 0.1) is 0 Å². The third-order valence-electron chi connectivity index (χ3n) is 7.55. The minimum atomic E-state index is -0.660. The predicted molar refractivity (Wildman–Crippen MR) is 173 cm³/mol. The Kier molecular flexibility index (Phi) is 8.71. The van der Waals surface area contributed by atoms with Crippen LogP contribution in [0.4, 0.5) is 0 Å². The van der Waals surface area contributed by atoms with Crippen LogP contribution < -0.4 is 18.9 Å². The quantitative estimate of drug-likeness (QED) is 0.0899. The number of Topliss-reactive ketones (excluding diaryl/α,β-unsaturated/α-hetero) is 1. The van der Waals surface area contributed by atoms with Gasteiger partial charge in [0.05, 0.1) is 34.0 Å². The van der Waals surface area contributed by atoms with Crippen LogP contribution in [0.1, 0.15) is 10.5 Å². The van der Waals surface area contributed by atoms with Gasteiger partial charge < -0.3 is 28.2 Å². The van der Waals surface area contributed by atoms with Gasteiger partial charge in [-0.2, -0.15) is 0 Å². The Morgan fingerprint density at radius 1 is 0.727 bits per heavy atom. The fourth-order valence-corrected chi connectivity index (χ4v) is 5.57. The van der Waals surface area contributed by atoms with Crippen LogP contribution in [-0.2, 0) is 4.79 Å². The van der Waals surface area contributed by atoms with Crippen LogP contribution in [-0.4, -0.2) is 62.5 Å². The predicted octanol–water partition coefficient (Wildman–Crippen LogP) is 6.84. The van der Waals surface area contributed by atoms with Crippen molar-refractivity contribution in [3.8, 4) is 45.3 Å².